The van der Waals surface area contributed by atoms with Crippen molar-refractivity contribution in [2.45, 2.75) is 40.0 Å². The molecule has 3 unspecified atom stereocenters. The number of rotatable bonds is 0. The number of ketones is 1. The Morgan fingerprint density at radius 3 is 2.07 bits per heavy atom. The summed E-state index contributed by atoms with van der Waals surface area (Å²) in [6.45, 7) is 6.67. The zero-order valence-corrected chi connectivity index (χ0v) is 10.2. The number of Topliss-reactive ketones (excluding diaryl/α,β-unsaturated/α-hetero) is 1. The van der Waals surface area contributed by atoms with Gasteiger partial charge in [-0.1, -0.05) is 20.8 Å². The van der Waals surface area contributed by atoms with E-state index in [4.69, 9.17) is 8.76 Å². The molecule has 0 aliphatic heterocycles. The van der Waals surface area contributed by atoms with E-state index in [0.717, 1.165) is 12.8 Å². The van der Waals surface area contributed by atoms with Gasteiger partial charge in [-0.2, -0.15) is 0 Å². The maximum absolute atomic E-state index is 11.6. The van der Waals surface area contributed by atoms with Crippen LogP contribution in [0.5, 0.6) is 0 Å². The van der Waals surface area contributed by atoms with Gasteiger partial charge in [-0.25, -0.2) is 0 Å². The van der Waals surface area contributed by atoms with Crippen molar-refractivity contribution >= 4 is 17.0 Å². The lowest BCUT2D eigenvalue weighted by atomic mass is 9.70. The summed E-state index contributed by atoms with van der Waals surface area (Å²) in [6.07, 6.45) is 3.25. The van der Waals surface area contributed by atoms with E-state index in [1.54, 1.807) is 0 Å². The molecule has 2 aliphatic rings. The van der Waals surface area contributed by atoms with Gasteiger partial charge in [0.15, 0.2) is 0 Å². The highest BCUT2D eigenvalue weighted by atomic mass is 32.2. The first kappa shape index (κ1) is 12.8. The average Bonchev–Trinajstić information content (AvgIpc) is 2.36. The van der Waals surface area contributed by atoms with Crippen LogP contribution in [0.3, 0.4) is 0 Å². The van der Waals surface area contributed by atoms with Crippen molar-refractivity contribution in [3.8, 4) is 0 Å². The van der Waals surface area contributed by atoms with Crippen molar-refractivity contribution in [3.05, 3.63) is 0 Å². The number of carbonyl (C=O) groups is 1. The first-order valence-corrected chi connectivity index (χ1v) is 6.22. The van der Waals surface area contributed by atoms with E-state index in [0.29, 0.717) is 11.7 Å². The Labute approximate surface area is 93.0 Å². The Hall–Kier alpha value is -0.260. The molecule has 0 spiro atoms. The zero-order chi connectivity index (χ0) is 11.9. The number of hydrogen-bond acceptors (Lipinski definition) is 3. The molecule has 2 saturated carbocycles. The summed E-state index contributed by atoms with van der Waals surface area (Å²) in [5.74, 6) is 1.19. The summed E-state index contributed by atoms with van der Waals surface area (Å²) >= 11 is -2.36. The van der Waals surface area contributed by atoms with Gasteiger partial charge in [0.25, 0.3) is 0 Å². The summed E-state index contributed by atoms with van der Waals surface area (Å²) in [5.41, 5.74) is 0.307. The molecule has 0 heterocycles. The van der Waals surface area contributed by atoms with Crippen LogP contribution in [0.15, 0.2) is 0 Å². The van der Waals surface area contributed by atoms with E-state index in [9.17, 15) is 4.79 Å². The third-order valence-corrected chi connectivity index (χ3v) is 4.48. The zero-order valence-electron chi connectivity index (χ0n) is 9.41. The lowest BCUT2D eigenvalue weighted by Gasteiger charge is -2.32. The molecule has 0 radical (unpaired) electrons. The molecule has 2 bridgehead atoms. The molecular formula is C10H18NO3S-. The monoisotopic (exact) mass is 232 g/mol. The smallest absolute Gasteiger partial charge is 0.139 e. The van der Waals surface area contributed by atoms with E-state index < -0.39 is 11.3 Å². The Bertz CT molecular complexity index is 299. The largest absolute Gasteiger partial charge is 0.760 e. The fourth-order valence-corrected chi connectivity index (χ4v) is 2.90. The molecule has 2 aliphatic carbocycles. The molecule has 0 aromatic rings. The van der Waals surface area contributed by atoms with Gasteiger partial charge in [0, 0.05) is 23.1 Å². The minimum atomic E-state index is -2.36. The molecule has 2 N–H and O–H groups in total. The van der Waals surface area contributed by atoms with Crippen LogP contribution in [-0.4, -0.2) is 14.5 Å². The summed E-state index contributed by atoms with van der Waals surface area (Å²) in [6, 6.07) is 0. The first-order chi connectivity index (χ1) is 6.72. The molecule has 3 atom stereocenters. The molecule has 0 aromatic carbocycles. The third kappa shape index (κ3) is 2.00. The summed E-state index contributed by atoms with van der Waals surface area (Å²) in [7, 11) is 0. The maximum Gasteiger partial charge on any atom is 0.139 e. The average molecular weight is 232 g/mol. The van der Waals surface area contributed by atoms with E-state index in [1.165, 1.54) is 6.42 Å². The molecule has 15 heavy (non-hydrogen) atoms. The predicted molar refractivity (Wildman–Crippen MR) is 57.3 cm³/mol. The molecule has 4 nitrogen and oxygen atoms in total. The normalized spacial score (nSPS) is 38.5. The fourth-order valence-electron chi connectivity index (χ4n) is 2.90. The second-order valence-corrected chi connectivity index (χ2v) is 5.70. The molecule has 5 heteroatoms. The molecular weight excluding hydrogens is 214 g/mol. The number of carbonyl (C=O) groups excluding carboxylic acids is 1. The fraction of sp³-hybridized carbons (Fsp3) is 0.900. The third-order valence-electron chi connectivity index (χ3n) is 4.48. The molecule has 0 amide bonds. The van der Waals surface area contributed by atoms with Gasteiger partial charge in [0.1, 0.15) is 5.78 Å². The highest BCUT2D eigenvalue weighted by molar-refractivity contribution is 7.76. The standard InChI is InChI=1S/C10H16O.H3NO2S/c1-9(2)7-4-5-10(9,3)8(11)6-7;1-4(2)3/h7H,4-6H2,1-3H3;1H2,(H,2,3)/p-1. The van der Waals surface area contributed by atoms with Gasteiger partial charge in [0.05, 0.1) is 0 Å². The van der Waals surface area contributed by atoms with Gasteiger partial charge >= 0.3 is 0 Å². The molecule has 0 aromatic heterocycles. The van der Waals surface area contributed by atoms with Gasteiger partial charge in [-0.15, -0.1) is 0 Å². The van der Waals surface area contributed by atoms with Crippen LogP contribution in [0.1, 0.15) is 40.0 Å². The van der Waals surface area contributed by atoms with Crippen molar-refractivity contribution in [2.24, 2.45) is 21.9 Å². The second kappa shape index (κ2) is 3.96. The van der Waals surface area contributed by atoms with Gasteiger partial charge in [-0.3, -0.25) is 14.1 Å². The van der Waals surface area contributed by atoms with Crippen molar-refractivity contribution < 1.29 is 13.6 Å². The van der Waals surface area contributed by atoms with Crippen LogP contribution in [-0.2, 0) is 16.1 Å². The minimum Gasteiger partial charge on any atom is -0.760 e. The Balaban J connectivity index is 0.000000245. The Morgan fingerprint density at radius 2 is 1.93 bits per heavy atom. The quantitative estimate of drug-likeness (QED) is 0.636. The van der Waals surface area contributed by atoms with Gasteiger partial charge < -0.3 is 4.55 Å². The molecule has 88 valence electrons. The number of hydrogen-bond donors (Lipinski definition) is 1. The second-order valence-electron chi connectivity index (χ2n) is 5.18. The Kier molecular flexibility index (Phi) is 3.38. The van der Waals surface area contributed by atoms with Crippen LogP contribution in [0.4, 0.5) is 0 Å². The van der Waals surface area contributed by atoms with E-state index in [1.807, 2.05) is 0 Å². The molecule has 2 rings (SSSR count). The van der Waals surface area contributed by atoms with Crippen molar-refractivity contribution in [3.63, 3.8) is 0 Å². The maximum atomic E-state index is 11.6. The highest BCUT2D eigenvalue weighted by Gasteiger charge is 2.61. The van der Waals surface area contributed by atoms with Crippen LogP contribution >= 0.6 is 0 Å². The summed E-state index contributed by atoms with van der Waals surface area (Å²) < 4.78 is 17.6. The first-order valence-electron chi connectivity index (χ1n) is 5.09. The van der Waals surface area contributed by atoms with Crippen LogP contribution < -0.4 is 5.14 Å². The molecule has 0 saturated heterocycles. The van der Waals surface area contributed by atoms with E-state index in [2.05, 4.69) is 25.9 Å². The lowest BCUT2D eigenvalue weighted by molar-refractivity contribution is -0.128. The molecule has 2 fully saturated rings. The van der Waals surface area contributed by atoms with Crippen LogP contribution in [0, 0.1) is 16.7 Å². The van der Waals surface area contributed by atoms with Crippen molar-refractivity contribution in [2.75, 3.05) is 0 Å². The highest BCUT2D eigenvalue weighted by Crippen LogP contribution is 2.63. The van der Waals surface area contributed by atoms with Crippen LogP contribution in [0.25, 0.3) is 0 Å². The van der Waals surface area contributed by atoms with Gasteiger partial charge in [-0.05, 0) is 24.2 Å². The number of nitrogens with two attached hydrogens (primary N) is 1. The predicted octanol–water partition coefficient (Wildman–Crippen LogP) is 1.14. The summed E-state index contributed by atoms with van der Waals surface area (Å²) in [5, 5.41) is 4.03. The van der Waals surface area contributed by atoms with E-state index in [-0.39, 0.29) is 10.8 Å². The SMILES string of the molecule is CC12CCC(CC1=O)C2(C)C.NS(=O)[O-]. The van der Waals surface area contributed by atoms with E-state index >= 15 is 0 Å². The van der Waals surface area contributed by atoms with Gasteiger partial charge in [0.2, 0.25) is 0 Å². The van der Waals surface area contributed by atoms with Crippen LogP contribution in [0.2, 0.25) is 0 Å². The number of fused-ring (bicyclic) bond motifs is 2. The Morgan fingerprint density at radius 1 is 1.47 bits per heavy atom. The summed E-state index contributed by atoms with van der Waals surface area (Å²) in [4.78, 5) is 11.6. The van der Waals surface area contributed by atoms with Crippen molar-refractivity contribution in [1.82, 2.24) is 0 Å². The topological polar surface area (TPSA) is 83.2 Å². The van der Waals surface area contributed by atoms with Crippen molar-refractivity contribution in [1.29, 1.82) is 0 Å². The minimum absolute atomic E-state index is 0.0255. The lowest BCUT2D eigenvalue weighted by Crippen LogP contribution is -2.32.